The Hall–Kier alpha value is -2.86. The Morgan fingerprint density at radius 3 is 2.62 bits per heavy atom. The van der Waals surface area contributed by atoms with Gasteiger partial charge in [0.05, 0.1) is 11.7 Å². The quantitative estimate of drug-likeness (QED) is 0.763. The van der Waals surface area contributed by atoms with Crippen molar-refractivity contribution >= 4 is 17.5 Å². The van der Waals surface area contributed by atoms with E-state index in [9.17, 15) is 9.59 Å². The van der Waals surface area contributed by atoms with E-state index >= 15 is 0 Å². The Labute approximate surface area is 143 Å². The maximum atomic E-state index is 12.5. The first kappa shape index (κ1) is 16.0. The molecule has 0 aliphatic carbocycles. The molecule has 0 unspecified atom stereocenters. The number of benzene rings is 1. The number of rotatable bonds is 4. The Kier molecular flexibility index (Phi) is 4.48. The lowest BCUT2D eigenvalue weighted by molar-refractivity contribution is 0.0942. The van der Waals surface area contributed by atoms with E-state index in [0.717, 1.165) is 5.56 Å². The number of nitrogens with one attached hydrogen (secondary N) is 2. The number of pyridine rings is 1. The van der Waals surface area contributed by atoms with E-state index in [1.165, 1.54) is 12.3 Å². The Morgan fingerprint density at radius 1 is 1.25 bits per heavy atom. The van der Waals surface area contributed by atoms with Crippen LogP contribution in [0.3, 0.4) is 0 Å². The third-order valence-corrected chi connectivity index (χ3v) is 3.80. The minimum atomic E-state index is -0.449. The maximum absolute atomic E-state index is 12.5. The van der Waals surface area contributed by atoms with E-state index in [0.29, 0.717) is 10.7 Å². The number of H-pyrrole nitrogens is 1. The van der Waals surface area contributed by atoms with Gasteiger partial charge in [0.1, 0.15) is 0 Å². The van der Waals surface area contributed by atoms with E-state index in [4.69, 9.17) is 11.6 Å². The molecule has 7 heteroatoms. The third-order valence-electron chi connectivity index (χ3n) is 3.55. The molecule has 0 saturated carbocycles. The van der Waals surface area contributed by atoms with Crippen LogP contribution < -0.4 is 10.9 Å². The van der Waals surface area contributed by atoms with Gasteiger partial charge in [-0.1, -0.05) is 23.7 Å². The molecule has 0 fully saturated rings. The lowest BCUT2D eigenvalue weighted by Crippen LogP contribution is -2.30. The summed E-state index contributed by atoms with van der Waals surface area (Å²) >= 11 is 5.94. The van der Waals surface area contributed by atoms with E-state index in [1.807, 2.05) is 18.2 Å². The van der Waals surface area contributed by atoms with Crippen LogP contribution in [0.2, 0.25) is 5.02 Å². The van der Waals surface area contributed by atoms with Gasteiger partial charge in [-0.3, -0.25) is 14.3 Å². The number of amides is 1. The molecule has 0 bridgehead atoms. The van der Waals surface area contributed by atoms with Crippen LogP contribution in [0.15, 0.2) is 59.7 Å². The molecule has 1 amide bonds. The fraction of sp³-hybridized carbons (Fsp3) is 0.118. The number of aromatic nitrogens is 3. The molecular weight excluding hydrogens is 328 g/mol. The number of carbonyl (C=O) groups excluding carboxylic acids is 1. The number of hydrogen-bond acceptors (Lipinski definition) is 3. The molecule has 3 aromatic rings. The van der Waals surface area contributed by atoms with Crippen molar-refractivity contribution in [2.45, 2.75) is 6.04 Å². The van der Waals surface area contributed by atoms with E-state index in [2.05, 4.69) is 15.4 Å². The average molecular weight is 343 g/mol. The molecule has 1 aromatic carbocycles. The Morgan fingerprint density at radius 2 is 2.00 bits per heavy atom. The highest BCUT2D eigenvalue weighted by molar-refractivity contribution is 6.30. The second kappa shape index (κ2) is 6.72. The van der Waals surface area contributed by atoms with Crippen LogP contribution in [0.4, 0.5) is 0 Å². The molecule has 0 radical (unpaired) electrons. The molecule has 1 atom stereocenters. The lowest BCUT2D eigenvalue weighted by Gasteiger charge is -2.17. The zero-order chi connectivity index (χ0) is 17.1. The van der Waals surface area contributed by atoms with Gasteiger partial charge in [0.15, 0.2) is 0 Å². The van der Waals surface area contributed by atoms with Crippen LogP contribution >= 0.6 is 11.6 Å². The predicted octanol–water partition coefficient (Wildman–Crippen LogP) is 2.28. The van der Waals surface area contributed by atoms with Gasteiger partial charge in [0.2, 0.25) is 5.56 Å². The second-order valence-electron chi connectivity index (χ2n) is 5.31. The van der Waals surface area contributed by atoms with Crippen LogP contribution in [-0.4, -0.2) is 20.7 Å². The molecule has 24 heavy (non-hydrogen) atoms. The summed E-state index contributed by atoms with van der Waals surface area (Å²) in [6.07, 6.45) is 3.24. The van der Waals surface area contributed by atoms with Crippen LogP contribution in [0.5, 0.6) is 0 Å². The van der Waals surface area contributed by atoms with Crippen LogP contribution in [0.1, 0.15) is 27.7 Å². The van der Waals surface area contributed by atoms with Gasteiger partial charge >= 0.3 is 0 Å². The smallest absolute Gasteiger partial charge is 0.252 e. The van der Waals surface area contributed by atoms with Gasteiger partial charge in [-0.25, -0.2) is 0 Å². The molecule has 2 aromatic heterocycles. The summed E-state index contributed by atoms with van der Waals surface area (Å²) < 4.78 is 1.66. The van der Waals surface area contributed by atoms with Crippen molar-refractivity contribution < 1.29 is 4.79 Å². The third kappa shape index (κ3) is 3.55. The summed E-state index contributed by atoms with van der Waals surface area (Å²) in [7, 11) is 1.81. The van der Waals surface area contributed by atoms with Gasteiger partial charge in [-0.05, 0) is 29.8 Å². The summed E-state index contributed by atoms with van der Waals surface area (Å²) in [6, 6.07) is 11.4. The molecule has 2 heterocycles. The Balaban J connectivity index is 1.94. The van der Waals surface area contributed by atoms with Gasteiger partial charge < -0.3 is 10.3 Å². The Bertz CT molecular complexity index is 915. The second-order valence-corrected chi connectivity index (χ2v) is 5.75. The van der Waals surface area contributed by atoms with Crippen molar-refractivity contribution in [2.75, 3.05) is 0 Å². The van der Waals surface area contributed by atoms with Gasteiger partial charge in [-0.2, -0.15) is 5.10 Å². The first-order chi connectivity index (χ1) is 11.5. The zero-order valence-electron chi connectivity index (χ0n) is 12.9. The topological polar surface area (TPSA) is 79.8 Å². The molecule has 0 aliphatic rings. The fourth-order valence-corrected chi connectivity index (χ4v) is 2.50. The first-order valence-electron chi connectivity index (χ1n) is 7.27. The van der Waals surface area contributed by atoms with Gasteiger partial charge in [0.25, 0.3) is 5.91 Å². The van der Waals surface area contributed by atoms with Gasteiger partial charge in [0, 0.05) is 36.1 Å². The summed E-state index contributed by atoms with van der Waals surface area (Å²) in [5.41, 5.74) is 1.49. The van der Waals surface area contributed by atoms with Crippen molar-refractivity contribution in [3.05, 3.63) is 87.1 Å². The zero-order valence-corrected chi connectivity index (χ0v) is 13.6. The minimum absolute atomic E-state index is 0.286. The van der Waals surface area contributed by atoms with Crippen LogP contribution in [0, 0.1) is 0 Å². The van der Waals surface area contributed by atoms with Crippen LogP contribution in [-0.2, 0) is 7.05 Å². The van der Waals surface area contributed by atoms with Gasteiger partial charge in [-0.15, -0.1) is 0 Å². The maximum Gasteiger partial charge on any atom is 0.252 e. The lowest BCUT2D eigenvalue weighted by atomic mass is 10.0. The monoisotopic (exact) mass is 342 g/mol. The number of aryl methyl sites for hydroxylation is 1. The molecule has 0 spiro atoms. The number of hydrogen-bond donors (Lipinski definition) is 2. The minimum Gasteiger partial charge on any atom is -0.339 e. The van der Waals surface area contributed by atoms with Crippen molar-refractivity contribution in [3.8, 4) is 0 Å². The molecule has 3 rings (SSSR count). The van der Waals surface area contributed by atoms with E-state index in [-0.39, 0.29) is 17.0 Å². The fourth-order valence-electron chi connectivity index (χ4n) is 2.37. The summed E-state index contributed by atoms with van der Waals surface area (Å²) in [4.78, 5) is 26.4. The normalized spacial score (nSPS) is 11.9. The molecular formula is C17H15ClN4O2. The number of aromatic amines is 1. The average Bonchev–Trinajstić information content (AvgIpc) is 2.99. The molecule has 0 saturated heterocycles. The standard InChI is InChI=1S/C17H15ClN4O2/c1-22-9-7-14(21-22)16(11-2-4-13(18)5-3-11)20-17(24)12-6-8-19-15(23)10-12/h2-10,16H,1H3,(H,19,23)(H,20,24)/t16-/m1/s1. The summed E-state index contributed by atoms with van der Waals surface area (Å²) in [5, 5.41) is 7.90. The van der Waals surface area contributed by atoms with Crippen molar-refractivity contribution in [3.63, 3.8) is 0 Å². The molecule has 122 valence electrons. The molecule has 6 nitrogen and oxygen atoms in total. The number of halogens is 1. The first-order valence-corrected chi connectivity index (χ1v) is 7.65. The molecule has 2 N–H and O–H groups in total. The predicted molar refractivity (Wildman–Crippen MR) is 91.0 cm³/mol. The van der Waals surface area contributed by atoms with E-state index in [1.54, 1.807) is 36.1 Å². The van der Waals surface area contributed by atoms with Crippen molar-refractivity contribution in [1.82, 2.24) is 20.1 Å². The van der Waals surface area contributed by atoms with Crippen LogP contribution in [0.25, 0.3) is 0 Å². The highest BCUT2D eigenvalue weighted by Crippen LogP contribution is 2.22. The number of nitrogens with zero attached hydrogens (tertiary/aromatic N) is 2. The van der Waals surface area contributed by atoms with Crippen molar-refractivity contribution in [1.29, 1.82) is 0 Å². The summed E-state index contributed by atoms with van der Waals surface area (Å²) in [6.45, 7) is 0. The highest BCUT2D eigenvalue weighted by Gasteiger charge is 2.20. The largest absolute Gasteiger partial charge is 0.339 e. The number of carbonyl (C=O) groups is 1. The summed E-state index contributed by atoms with van der Waals surface area (Å²) in [5.74, 6) is -0.355. The highest BCUT2D eigenvalue weighted by atomic mass is 35.5. The van der Waals surface area contributed by atoms with Crippen molar-refractivity contribution in [2.24, 2.45) is 7.05 Å². The van der Waals surface area contributed by atoms with E-state index < -0.39 is 6.04 Å². The molecule has 0 aliphatic heterocycles. The SMILES string of the molecule is Cn1ccc([C@H](NC(=O)c2cc[nH]c(=O)c2)c2ccc(Cl)cc2)n1.